The minimum atomic E-state index is 0.641. The molecule has 0 saturated heterocycles. The molecule has 2 aromatic heterocycles. The maximum absolute atomic E-state index is 10.8. The fraction of sp³-hybridized carbons (Fsp3) is 0.111. The maximum atomic E-state index is 10.8. The molecule has 4 heteroatoms. The normalized spacial score (nSPS) is 10.5. The molecule has 4 nitrogen and oxygen atoms in total. The summed E-state index contributed by atoms with van der Waals surface area (Å²) < 4.78 is 0. The Morgan fingerprint density at radius 3 is 2.68 bits per heavy atom. The first-order chi connectivity index (χ1) is 10.7. The van der Waals surface area contributed by atoms with E-state index in [1.54, 1.807) is 12.4 Å². The Bertz CT molecular complexity index is 821. The Kier molecular flexibility index (Phi) is 3.74. The molecule has 1 aromatic carbocycles. The van der Waals surface area contributed by atoms with Crippen LogP contribution in [0.3, 0.4) is 0 Å². The van der Waals surface area contributed by atoms with Crippen LogP contribution in [-0.2, 0) is 0 Å². The summed E-state index contributed by atoms with van der Waals surface area (Å²) in [4.78, 5) is 18.4. The van der Waals surface area contributed by atoms with Crippen LogP contribution in [0.1, 0.15) is 15.9 Å². The zero-order valence-corrected chi connectivity index (χ0v) is 12.6. The van der Waals surface area contributed by atoms with Gasteiger partial charge in [-0.15, -0.1) is 0 Å². The number of nitrogens with one attached hydrogen (secondary N) is 2. The summed E-state index contributed by atoms with van der Waals surface area (Å²) in [6.45, 7) is 2.07. The Morgan fingerprint density at radius 2 is 2.00 bits per heavy atom. The second kappa shape index (κ2) is 5.85. The third-order valence-corrected chi connectivity index (χ3v) is 3.70. The largest absolute Gasteiger partial charge is 0.388 e. The molecule has 22 heavy (non-hydrogen) atoms. The smallest absolute Gasteiger partial charge is 0.151 e. The Balaban J connectivity index is 2.00. The highest BCUT2D eigenvalue weighted by Gasteiger charge is 2.06. The standard InChI is InChI=1S/C18H17N3O/c1-12-7-14(3-4-16(12)19-2)18-9-15(5-6-20-18)17-8-13(11-22)10-21-17/h3-11,19,21H,1-2H3. The summed E-state index contributed by atoms with van der Waals surface area (Å²) in [5.74, 6) is 0. The Morgan fingerprint density at radius 1 is 1.14 bits per heavy atom. The lowest BCUT2D eigenvalue weighted by atomic mass is 10.0. The minimum absolute atomic E-state index is 0.641. The van der Waals surface area contributed by atoms with Gasteiger partial charge in [0.1, 0.15) is 0 Å². The van der Waals surface area contributed by atoms with Gasteiger partial charge in [-0.2, -0.15) is 0 Å². The van der Waals surface area contributed by atoms with Crippen LogP contribution in [0.15, 0.2) is 48.8 Å². The summed E-state index contributed by atoms with van der Waals surface area (Å²) in [5, 5.41) is 3.16. The van der Waals surface area contributed by atoms with Crippen LogP contribution in [0.25, 0.3) is 22.5 Å². The molecule has 0 amide bonds. The number of aromatic amines is 1. The molecule has 3 rings (SSSR count). The van der Waals surface area contributed by atoms with Crippen LogP contribution in [0.5, 0.6) is 0 Å². The van der Waals surface area contributed by atoms with E-state index in [9.17, 15) is 4.79 Å². The van der Waals surface area contributed by atoms with Crippen molar-refractivity contribution in [2.75, 3.05) is 12.4 Å². The number of H-pyrrole nitrogens is 1. The fourth-order valence-electron chi connectivity index (χ4n) is 2.51. The van der Waals surface area contributed by atoms with E-state index in [0.717, 1.165) is 34.5 Å². The minimum Gasteiger partial charge on any atom is -0.388 e. The van der Waals surface area contributed by atoms with Gasteiger partial charge in [0, 0.05) is 47.5 Å². The summed E-state index contributed by atoms with van der Waals surface area (Å²) in [6.07, 6.45) is 4.32. The van der Waals surface area contributed by atoms with Crippen LogP contribution >= 0.6 is 0 Å². The van der Waals surface area contributed by atoms with E-state index in [4.69, 9.17) is 0 Å². The van der Waals surface area contributed by atoms with E-state index in [0.29, 0.717) is 5.56 Å². The average Bonchev–Trinajstić information content (AvgIpc) is 3.04. The number of aromatic nitrogens is 2. The zero-order chi connectivity index (χ0) is 15.5. The van der Waals surface area contributed by atoms with Crippen LogP contribution in [0.4, 0.5) is 5.69 Å². The molecule has 0 aliphatic heterocycles. The number of hydrogen-bond acceptors (Lipinski definition) is 3. The molecule has 0 saturated carbocycles. The molecule has 0 radical (unpaired) electrons. The third-order valence-electron chi connectivity index (χ3n) is 3.70. The van der Waals surface area contributed by atoms with Crippen molar-refractivity contribution >= 4 is 12.0 Å². The Hall–Kier alpha value is -2.88. The molecule has 0 atom stereocenters. The average molecular weight is 291 g/mol. The van der Waals surface area contributed by atoms with Gasteiger partial charge in [-0.1, -0.05) is 6.07 Å². The number of aldehydes is 1. The van der Waals surface area contributed by atoms with E-state index in [-0.39, 0.29) is 0 Å². The number of rotatable bonds is 4. The first-order valence-electron chi connectivity index (χ1n) is 7.10. The van der Waals surface area contributed by atoms with Gasteiger partial charge in [-0.3, -0.25) is 9.78 Å². The van der Waals surface area contributed by atoms with Crippen molar-refractivity contribution in [3.63, 3.8) is 0 Å². The van der Waals surface area contributed by atoms with E-state index in [2.05, 4.69) is 40.4 Å². The summed E-state index contributed by atoms with van der Waals surface area (Å²) in [6, 6.07) is 12.0. The second-order valence-corrected chi connectivity index (χ2v) is 5.17. The van der Waals surface area contributed by atoms with Crippen molar-refractivity contribution < 1.29 is 4.79 Å². The summed E-state index contributed by atoms with van der Waals surface area (Å²) >= 11 is 0. The first kappa shape index (κ1) is 14.1. The molecule has 3 aromatic rings. The number of carbonyl (C=O) groups is 1. The predicted molar refractivity (Wildman–Crippen MR) is 89.1 cm³/mol. The van der Waals surface area contributed by atoms with Crippen molar-refractivity contribution in [2.45, 2.75) is 6.92 Å². The van der Waals surface area contributed by atoms with Gasteiger partial charge < -0.3 is 10.3 Å². The monoisotopic (exact) mass is 291 g/mol. The highest BCUT2D eigenvalue weighted by atomic mass is 16.1. The molecule has 0 aliphatic carbocycles. The van der Waals surface area contributed by atoms with E-state index < -0.39 is 0 Å². The van der Waals surface area contributed by atoms with Gasteiger partial charge in [0.2, 0.25) is 0 Å². The number of pyridine rings is 1. The second-order valence-electron chi connectivity index (χ2n) is 5.17. The quantitative estimate of drug-likeness (QED) is 0.717. The maximum Gasteiger partial charge on any atom is 0.151 e. The van der Waals surface area contributed by atoms with Gasteiger partial charge in [0.25, 0.3) is 0 Å². The van der Waals surface area contributed by atoms with Crippen molar-refractivity contribution in [2.24, 2.45) is 0 Å². The molecule has 0 spiro atoms. The van der Waals surface area contributed by atoms with E-state index in [1.165, 1.54) is 5.56 Å². The fourth-order valence-corrected chi connectivity index (χ4v) is 2.51. The predicted octanol–water partition coefficient (Wildman–Crippen LogP) is 3.91. The van der Waals surface area contributed by atoms with Gasteiger partial charge in [-0.25, -0.2) is 0 Å². The molecule has 0 aliphatic rings. The lowest BCUT2D eigenvalue weighted by Gasteiger charge is -2.08. The van der Waals surface area contributed by atoms with Crippen LogP contribution < -0.4 is 5.32 Å². The molecule has 0 fully saturated rings. The van der Waals surface area contributed by atoms with Gasteiger partial charge in [-0.05, 0) is 42.8 Å². The lowest BCUT2D eigenvalue weighted by Crippen LogP contribution is -1.92. The topological polar surface area (TPSA) is 57.8 Å². The van der Waals surface area contributed by atoms with Crippen LogP contribution in [0.2, 0.25) is 0 Å². The number of anilines is 1. The Labute approximate surface area is 129 Å². The zero-order valence-electron chi connectivity index (χ0n) is 12.6. The van der Waals surface area contributed by atoms with Crippen molar-refractivity contribution in [1.29, 1.82) is 0 Å². The number of hydrogen-bond donors (Lipinski definition) is 2. The third kappa shape index (κ3) is 2.63. The lowest BCUT2D eigenvalue weighted by molar-refractivity contribution is 0.112. The highest BCUT2D eigenvalue weighted by molar-refractivity contribution is 5.79. The summed E-state index contributed by atoms with van der Waals surface area (Å²) in [7, 11) is 1.91. The number of carbonyl (C=O) groups excluding carboxylic acids is 1. The first-order valence-corrected chi connectivity index (χ1v) is 7.10. The van der Waals surface area contributed by atoms with E-state index >= 15 is 0 Å². The van der Waals surface area contributed by atoms with E-state index in [1.807, 2.05) is 25.2 Å². The number of nitrogens with zero attached hydrogens (tertiary/aromatic N) is 1. The number of aryl methyl sites for hydroxylation is 1. The van der Waals surface area contributed by atoms with Gasteiger partial charge in [0.15, 0.2) is 6.29 Å². The molecule has 0 unspecified atom stereocenters. The van der Waals surface area contributed by atoms with Gasteiger partial charge in [0.05, 0.1) is 5.69 Å². The molecule has 2 heterocycles. The summed E-state index contributed by atoms with van der Waals surface area (Å²) in [5.41, 5.74) is 6.83. The number of benzene rings is 1. The SMILES string of the molecule is CNc1ccc(-c2cc(-c3cc(C=O)c[nH]3)ccn2)cc1C. The van der Waals surface area contributed by atoms with Crippen molar-refractivity contribution in [3.8, 4) is 22.5 Å². The van der Waals surface area contributed by atoms with Crippen molar-refractivity contribution in [3.05, 3.63) is 59.9 Å². The molecule has 0 bridgehead atoms. The molecular weight excluding hydrogens is 274 g/mol. The molecule has 2 N–H and O–H groups in total. The van der Waals surface area contributed by atoms with Gasteiger partial charge >= 0.3 is 0 Å². The van der Waals surface area contributed by atoms with Crippen LogP contribution in [0, 0.1) is 6.92 Å². The highest BCUT2D eigenvalue weighted by Crippen LogP contribution is 2.26. The van der Waals surface area contributed by atoms with Crippen molar-refractivity contribution in [1.82, 2.24) is 9.97 Å². The molecule has 110 valence electrons. The molecular formula is C18H17N3O. The van der Waals surface area contributed by atoms with Crippen LogP contribution in [-0.4, -0.2) is 23.3 Å².